The molecular weight excluding hydrogens is 426 g/mol. The molecule has 31 heavy (non-hydrogen) atoms. The average molecular weight is 444 g/mol. The van der Waals surface area contributed by atoms with Gasteiger partial charge < -0.3 is 14.5 Å². The Bertz CT molecular complexity index is 1320. The molecule has 3 aromatic heterocycles. The number of hydrogen-bond donors (Lipinski definition) is 2. The van der Waals surface area contributed by atoms with Crippen LogP contribution in [-0.2, 0) is 4.79 Å². The van der Waals surface area contributed by atoms with E-state index in [0.29, 0.717) is 38.5 Å². The van der Waals surface area contributed by atoms with Gasteiger partial charge in [-0.3, -0.25) is 14.9 Å². The van der Waals surface area contributed by atoms with Crippen LogP contribution in [0.1, 0.15) is 13.3 Å². The molecule has 1 amide bonds. The van der Waals surface area contributed by atoms with Crippen LogP contribution in [0.5, 0.6) is 5.75 Å². The van der Waals surface area contributed by atoms with Gasteiger partial charge in [-0.2, -0.15) is 5.10 Å². The summed E-state index contributed by atoms with van der Waals surface area (Å²) in [5, 5.41) is 10.2. The molecule has 2 N–H and O–H groups in total. The predicted octanol–water partition coefficient (Wildman–Crippen LogP) is 3.83. The van der Waals surface area contributed by atoms with Gasteiger partial charge in [-0.25, -0.2) is 13.8 Å². The van der Waals surface area contributed by atoms with E-state index in [4.69, 9.17) is 4.74 Å². The van der Waals surface area contributed by atoms with Crippen LogP contribution in [0, 0.1) is 11.7 Å². The van der Waals surface area contributed by atoms with Gasteiger partial charge in [0, 0.05) is 11.6 Å². The summed E-state index contributed by atoms with van der Waals surface area (Å²) in [7, 11) is 0. The summed E-state index contributed by atoms with van der Waals surface area (Å²) in [5.74, 6) is -1.08. The number of carbonyl (C=O) groups excluding carboxylic acids is 1. The van der Waals surface area contributed by atoms with Gasteiger partial charge in [0.1, 0.15) is 6.17 Å². The van der Waals surface area contributed by atoms with Crippen molar-refractivity contribution < 1.29 is 18.3 Å². The van der Waals surface area contributed by atoms with Gasteiger partial charge in [-0.15, -0.1) is 11.8 Å². The fourth-order valence-electron chi connectivity index (χ4n) is 3.56. The van der Waals surface area contributed by atoms with Crippen LogP contribution in [0.4, 0.5) is 14.6 Å². The highest BCUT2D eigenvalue weighted by molar-refractivity contribution is 7.98. The smallest absolute Gasteiger partial charge is 0.231 e. The molecule has 5 rings (SSSR count). The molecule has 1 aliphatic rings. The van der Waals surface area contributed by atoms with Crippen molar-refractivity contribution >= 4 is 40.0 Å². The molecule has 8 nitrogen and oxygen atoms in total. The molecule has 160 valence electrons. The maximum absolute atomic E-state index is 15.3. The van der Waals surface area contributed by atoms with Crippen LogP contribution in [0.25, 0.3) is 27.8 Å². The Labute approximate surface area is 179 Å². The van der Waals surface area contributed by atoms with Crippen LogP contribution in [0.2, 0.25) is 0 Å². The number of ether oxygens (including phenoxy) is 1. The third-order valence-electron chi connectivity index (χ3n) is 5.15. The van der Waals surface area contributed by atoms with Gasteiger partial charge in [-0.1, -0.05) is 0 Å². The predicted molar refractivity (Wildman–Crippen MR) is 113 cm³/mol. The fourth-order valence-corrected chi connectivity index (χ4v) is 4.19. The van der Waals surface area contributed by atoms with Gasteiger partial charge in [0.2, 0.25) is 5.91 Å². The molecule has 11 heteroatoms. The largest absolute Gasteiger partial charge is 0.490 e. The second-order valence-electron chi connectivity index (χ2n) is 7.15. The maximum Gasteiger partial charge on any atom is 0.231 e. The van der Waals surface area contributed by atoms with E-state index in [1.807, 2.05) is 0 Å². The van der Waals surface area contributed by atoms with Crippen molar-refractivity contribution in [3.8, 4) is 17.0 Å². The molecule has 0 saturated heterocycles. The number of aromatic amines is 1. The number of nitrogens with one attached hydrogen (secondary N) is 2. The quantitative estimate of drug-likeness (QED) is 0.439. The normalized spacial score (nSPS) is 17.9. The number of halogens is 2. The van der Waals surface area contributed by atoms with Gasteiger partial charge in [0.25, 0.3) is 0 Å². The van der Waals surface area contributed by atoms with E-state index >= 15 is 4.39 Å². The Kier molecular flexibility index (Phi) is 4.77. The average Bonchev–Trinajstić information content (AvgIpc) is 3.12. The maximum atomic E-state index is 15.3. The molecule has 3 heterocycles. The van der Waals surface area contributed by atoms with E-state index in [0.717, 1.165) is 0 Å². The highest BCUT2D eigenvalue weighted by atomic mass is 32.2. The first-order chi connectivity index (χ1) is 15.0. The Morgan fingerprint density at radius 2 is 2.23 bits per heavy atom. The molecule has 2 atom stereocenters. The molecule has 1 aromatic carbocycles. The lowest BCUT2D eigenvalue weighted by molar-refractivity contribution is -0.117. The van der Waals surface area contributed by atoms with E-state index in [-0.39, 0.29) is 18.8 Å². The number of rotatable bonds is 6. The van der Waals surface area contributed by atoms with E-state index in [9.17, 15) is 9.18 Å². The highest BCUT2D eigenvalue weighted by Gasteiger charge is 2.43. The monoisotopic (exact) mass is 444 g/mol. The summed E-state index contributed by atoms with van der Waals surface area (Å²) in [5.41, 5.74) is 1.97. The molecule has 0 spiro atoms. The number of anilines is 1. The summed E-state index contributed by atoms with van der Waals surface area (Å²) in [6.07, 6.45) is 7.35. The second-order valence-corrected chi connectivity index (χ2v) is 7.97. The Balaban J connectivity index is 1.61. The number of H-pyrrole nitrogens is 1. The van der Waals surface area contributed by atoms with Gasteiger partial charge in [-0.05, 0) is 19.6 Å². The summed E-state index contributed by atoms with van der Waals surface area (Å²) < 4.78 is 35.7. The zero-order valence-electron chi connectivity index (χ0n) is 16.6. The van der Waals surface area contributed by atoms with E-state index in [1.54, 1.807) is 36.2 Å². The molecule has 0 bridgehead atoms. The SMILES string of the molecule is CCOc1c(F)c(SC)c2[nH]ncc2c1-c1cn2cc(NC(=O)[C@@H]3C[C@@H]3F)nc2cn1. The number of hydrogen-bond acceptors (Lipinski definition) is 6. The van der Waals surface area contributed by atoms with E-state index < -0.39 is 23.8 Å². The number of alkyl halides is 1. The van der Waals surface area contributed by atoms with Crippen molar-refractivity contribution in [2.75, 3.05) is 18.2 Å². The molecule has 0 aliphatic heterocycles. The lowest BCUT2D eigenvalue weighted by atomic mass is 10.1. The lowest BCUT2D eigenvalue weighted by Crippen LogP contribution is -2.15. The van der Waals surface area contributed by atoms with Crippen LogP contribution < -0.4 is 10.1 Å². The molecular formula is C20H18F2N6O2S. The van der Waals surface area contributed by atoms with Crippen molar-refractivity contribution in [1.29, 1.82) is 0 Å². The number of aromatic nitrogens is 5. The number of imidazole rings is 1. The van der Waals surface area contributed by atoms with Crippen molar-refractivity contribution in [3.63, 3.8) is 0 Å². The first-order valence-corrected chi connectivity index (χ1v) is 10.9. The first-order valence-electron chi connectivity index (χ1n) is 9.67. The zero-order chi connectivity index (χ0) is 21.7. The Morgan fingerprint density at radius 3 is 2.94 bits per heavy atom. The summed E-state index contributed by atoms with van der Waals surface area (Å²) in [6.45, 7) is 2.06. The third-order valence-corrected chi connectivity index (χ3v) is 5.94. The number of fused-ring (bicyclic) bond motifs is 2. The van der Waals surface area contributed by atoms with Crippen LogP contribution in [-0.4, -0.2) is 49.5 Å². The number of carbonyl (C=O) groups is 1. The standard InChI is InChI=1S/C20H18F2N6O2S/c1-3-30-18-15(10-5-24-27-17(10)19(31-2)16(18)22)12-7-28-8-13(25-14(28)6-23-12)26-20(29)9-4-11(9)21/h5-9,11H,3-4H2,1-2H3,(H,24,27)(H,26,29)/t9-,11+/m1/s1. The first kappa shape index (κ1) is 19.7. The Hall–Kier alpha value is -3.21. The number of nitrogens with zero attached hydrogens (tertiary/aromatic N) is 4. The molecule has 1 aliphatic carbocycles. The molecule has 4 aromatic rings. The third kappa shape index (κ3) is 3.29. The van der Waals surface area contributed by atoms with Crippen LogP contribution in [0.3, 0.4) is 0 Å². The highest BCUT2D eigenvalue weighted by Crippen LogP contribution is 2.43. The topological polar surface area (TPSA) is 97.2 Å². The molecule has 1 fully saturated rings. The summed E-state index contributed by atoms with van der Waals surface area (Å²) in [4.78, 5) is 21.2. The lowest BCUT2D eigenvalue weighted by Gasteiger charge is -2.15. The number of thioether (sulfide) groups is 1. The molecule has 1 saturated carbocycles. The van der Waals surface area contributed by atoms with Crippen molar-refractivity contribution in [2.24, 2.45) is 5.92 Å². The van der Waals surface area contributed by atoms with Crippen molar-refractivity contribution in [2.45, 2.75) is 24.4 Å². The molecule has 0 radical (unpaired) electrons. The van der Waals surface area contributed by atoms with Gasteiger partial charge >= 0.3 is 0 Å². The minimum absolute atomic E-state index is 0.101. The van der Waals surface area contributed by atoms with Gasteiger partial charge in [0.05, 0.1) is 52.8 Å². The van der Waals surface area contributed by atoms with Crippen LogP contribution in [0.15, 0.2) is 29.7 Å². The van der Waals surface area contributed by atoms with Crippen molar-refractivity contribution in [1.82, 2.24) is 24.6 Å². The Morgan fingerprint density at radius 1 is 1.42 bits per heavy atom. The van der Waals surface area contributed by atoms with E-state index in [2.05, 4.69) is 25.5 Å². The van der Waals surface area contributed by atoms with Crippen molar-refractivity contribution in [3.05, 3.63) is 30.6 Å². The summed E-state index contributed by atoms with van der Waals surface area (Å²) in [6, 6.07) is 0. The summed E-state index contributed by atoms with van der Waals surface area (Å²) >= 11 is 1.26. The minimum Gasteiger partial charge on any atom is -0.490 e. The van der Waals surface area contributed by atoms with E-state index in [1.165, 1.54) is 18.0 Å². The number of amides is 1. The fraction of sp³-hybridized carbons (Fsp3) is 0.300. The van der Waals surface area contributed by atoms with Crippen LogP contribution >= 0.6 is 11.8 Å². The van der Waals surface area contributed by atoms with Gasteiger partial charge in [0.15, 0.2) is 23.0 Å². The second kappa shape index (κ2) is 7.49. The number of benzene rings is 1. The molecule has 0 unspecified atom stereocenters. The zero-order valence-corrected chi connectivity index (χ0v) is 17.5. The minimum atomic E-state index is -1.08.